The molecule has 0 spiro atoms. The molecule has 2 heterocycles. The second kappa shape index (κ2) is 12.0. The van der Waals surface area contributed by atoms with Gasteiger partial charge in [-0.05, 0) is 96.9 Å². The lowest BCUT2D eigenvalue weighted by molar-refractivity contribution is 0.669. The largest absolute Gasteiger partial charge is 0.456 e. The van der Waals surface area contributed by atoms with Gasteiger partial charge >= 0.3 is 0 Å². The topological polar surface area (TPSA) is 52.0 Å². The quantitative estimate of drug-likeness (QED) is 0.182. The van der Waals surface area contributed by atoms with E-state index < -0.39 is 6.17 Å². The Morgan fingerprint density at radius 3 is 1.90 bits per heavy atom. The van der Waals surface area contributed by atoms with Crippen LogP contribution in [0.25, 0.3) is 71.1 Å². The molecule has 9 aromatic rings. The van der Waals surface area contributed by atoms with Crippen LogP contribution in [0.1, 0.15) is 22.9 Å². The zero-order valence-electron chi connectivity index (χ0n) is 27.6. The number of fused-ring (bicyclic) bond motifs is 5. The lowest BCUT2D eigenvalue weighted by Crippen LogP contribution is -2.16. The summed E-state index contributed by atoms with van der Waals surface area (Å²) in [5, 5.41) is 12.2. The molecule has 240 valence electrons. The molecule has 0 N–H and O–H groups in total. The van der Waals surface area contributed by atoms with Gasteiger partial charge < -0.3 is 14.7 Å². The molecule has 8 aromatic carbocycles. The van der Waals surface area contributed by atoms with Gasteiger partial charge in [-0.2, -0.15) is 0 Å². The van der Waals surface area contributed by atoms with Crippen molar-refractivity contribution in [1.82, 2.24) is 0 Å². The van der Waals surface area contributed by atoms with Gasteiger partial charge in [0.2, 0.25) is 0 Å². The Labute approximate surface area is 295 Å². The van der Waals surface area contributed by atoms with Crippen molar-refractivity contribution >= 4 is 55.2 Å². The normalized spacial score (nSPS) is 14.5. The number of rotatable bonds is 5. The van der Waals surface area contributed by atoms with E-state index in [4.69, 9.17) is 19.7 Å². The summed E-state index contributed by atoms with van der Waals surface area (Å²) in [6, 6.07) is 61.4. The number of benzene rings is 8. The van der Waals surface area contributed by atoms with Gasteiger partial charge in [0.15, 0.2) is 0 Å². The minimum Gasteiger partial charge on any atom is -0.456 e. The number of para-hydroxylation sites is 1. The minimum absolute atomic E-state index is 0.483. The molecule has 51 heavy (non-hydrogen) atoms. The van der Waals surface area contributed by atoms with Crippen LogP contribution in [-0.4, -0.2) is 11.7 Å². The molecule has 1 unspecified atom stereocenters. The maximum Gasteiger partial charge on any atom is 0.136 e. The molecule has 1 aromatic heterocycles. The number of furan rings is 1. The van der Waals surface area contributed by atoms with E-state index in [1.54, 1.807) is 0 Å². The highest BCUT2D eigenvalue weighted by Crippen LogP contribution is 2.41. The molecule has 4 heteroatoms. The van der Waals surface area contributed by atoms with Crippen LogP contribution in [0.3, 0.4) is 0 Å². The smallest absolute Gasteiger partial charge is 0.136 e. The van der Waals surface area contributed by atoms with Crippen LogP contribution < -0.4 is 0 Å². The minimum atomic E-state index is -0.483. The van der Waals surface area contributed by atoms with Gasteiger partial charge in [0, 0.05) is 10.8 Å². The van der Waals surface area contributed by atoms with E-state index in [0.717, 1.165) is 60.9 Å². The van der Waals surface area contributed by atoms with E-state index in [0.29, 0.717) is 11.7 Å². The molecule has 0 amide bonds. The van der Waals surface area contributed by atoms with Gasteiger partial charge in [-0.25, -0.2) is 0 Å². The van der Waals surface area contributed by atoms with Gasteiger partial charge in [0.1, 0.15) is 11.2 Å². The Kier molecular flexibility index (Phi) is 6.85. The van der Waals surface area contributed by atoms with Gasteiger partial charge in [0.25, 0.3) is 0 Å². The summed E-state index contributed by atoms with van der Waals surface area (Å²) >= 11 is 0. The Balaban J connectivity index is 1.12. The molecule has 0 fully saturated rings. The Morgan fingerprint density at radius 1 is 0.451 bits per heavy atom. The predicted molar refractivity (Wildman–Crippen MR) is 212 cm³/mol. The van der Waals surface area contributed by atoms with E-state index in [-0.39, 0.29) is 0 Å². The first-order valence-corrected chi connectivity index (χ1v) is 17.2. The number of hydrogen-bond donors (Lipinski definition) is 0. The first-order chi connectivity index (χ1) is 25.2. The molecule has 0 radical (unpaired) electrons. The molecule has 0 saturated heterocycles. The molecule has 0 bridgehead atoms. The second-order valence-electron chi connectivity index (χ2n) is 13.0. The highest BCUT2D eigenvalue weighted by molar-refractivity contribution is 6.22. The van der Waals surface area contributed by atoms with Crippen molar-refractivity contribution < 1.29 is 4.42 Å². The number of nitrogens with zero attached hydrogens (tertiary/aromatic N) is 3. The molecule has 1 aliphatic rings. The fraction of sp³-hybridized carbons (Fsp3) is 0.0213. The summed E-state index contributed by atoms with van der Waals surface area (Å²) in [5.74, 6) is 1.27. The van der Waals surface area contributed by atoms with Crippen LogP contribution in [0.4, 0.5) is 0 Å². The Bertz CT molecular complexity index is 2850. The lowest BCUT2D eigenvalue weighted by Gasteiger charge is -2.33. The molecule has 4 nitrogen and oxygen atoms in total. The maximum atomic E-state index is 6.52. The zero-order valence-corrected chi connectivity index (χ0v) is 27.6. The van der Waals surface area contributed by atoms with Crippen LogP contribution in [0.5, 0.6) is 0 Å². The van der Waals surface area contributed by atoms with E-state index in [9.17, 15) is 0 Å². The Morgan fingerprint density at radius 2 is 1.10 bits per heavy atom. The molecule has 1 atom stereocenters. The van der Waals surface area contributed by atoms with E-state index in [2.05, 4.69) is 146 Å². The third-order valence-electron chi connectivity index (χ3n) is 9.80. The van der Waals surface area contributed by atoms with Crippen molar-refractivity contribution in [3.63, 3.8) is 0 Å². The summed E-state index contributed by atoms with van der Waals surface area (Å²) in [6.07, 6.45) is -0.483. The van der Waals surface area contributed by atoms with Gasteiger partial charge in [0.05, 0.1) is 12.0 Å². The fourth-order valence-corrected chi connectivity index (χ4v) is 7.25. The van der Waals surface area contributed by atoms with Gasteiger partial charge in [-0.15, -0.1) is 0 Å². The summed E-state index contributed by atoms with van der Waals surface area (Å²) < 4.78 is 6.52. The second-order valence-corrected chi connectivity index (χ2v) is 13.0. The predicted octanol–water partition coefficient (Wildman–Crippen LogP) is 12.5. The number of aliphatic imine (C=N–C) groups is 2. The van der Waals surface area contributed by atoms with Crippen LogP contribution in [0.2, 0.25) is 0 Å². The standard InChI is InChI=1S/C47H30N3O/c1-2-13-32(14-3-1)45-48-46(38-18-10-17-35(27-38)36-23-21-30-11-4-6-15-33(30)25-36)50-47(49-45)39-28-41(37-24-22-31-12-5-7-16-34(31)26-37)44-40-19-8-9-20-42(40)51-43(44)29-39/h1-29,46H/q-1. The summed E-state index contributed by atoms with van der Waals surface area (Å²) in [7, 11) is 0. The number of hydrogen-bond acceptors (Lipinski definition) is 3. The number of amidine groups is 2. The zero-order chi connectivity index (χ0) is 33.7. The average molecular weight is 653 g/mol. The van der Waals surface area contributed by atoms with Crippen molar-refractivity contribution in [2.24, 2.45) is 9.98 Å². The maximum absolute atomic E-state index is 6.52. The van der Waals surface area contributed by atoms with Crippen LogP contribution in [-0.2, 0) is 0 Å². The molecule has 0 aliphatic carbocycles. The average Bonchev–Trinajstić information content (AvgIpc) is 3.59. The van der Waals surface area contributed by atoms with Crippen LogP contribution in [0, 0.1) is 0 Å². The van der Waals surface area contributed by atoms with Crippen LogP contribution >= 0.6 is 0 Å². The SMILES string of the molecule is c1ccc(C2=NC(c3cccc(-c4ccc5ccccc5c4)c3)[N-]C(c3cc(-c4ccc5ccccc5c4)c4c(c3)oc3ccccc34)=N2)cc1. The van der Waals surface area contributed by atoms with Crippen molar-refractivity contribution in [3.05, 3.63) is 198 Å². The summed E-state index contributed by atoms with van der Waals surface area (Å²) in [6.45, 7) is 0. The molecule has 0 saturated carbocycles. The van der Waals surface area contributed by atoms with Crippen molar-refractivity contribution in [2.45, 2.75) is 6.17 Å². The van der Waals surface area contributed by atoms with Crippen molar-refractivity contribution in [2.75, 3.05) is 0 Å². The van der Waals surface area contributed by atoms with E-state index in [1.807, 2.05) is 30.3 Å². The first kappa shape index (κ1) is 29.2. The summed E-state index contributed by atoms with van der Waals surface area (Å²) in [4.78, 5) is 10.3. The highest BCUT2D eigenvalue weighted by Gasteiger charge is 2.19. The fourth-order valence-electron chi connectivity index (χ4n) is 7.25. The lowest BCUT2D eigenvalue weighted by atomic mass is 9.94. The first-order valence-electron chi connectivity index (χ1n) is 17.2. The molecular weight excluding hydrogens is 623 g/mol. The molecule has 10 rings (SSSR count). The third kappa shape index (κ3) is 5.25. The monoisotopic (exact) mass is 652 g/mol. The molecular formula is C47H30N3O-. The highest BCUT2D eigenvalue weighted by atomic mass is 16.3. The Hall–Kier alpha value is -6.78. The third-order valence-corrected chi connectivity index (χ3v) is 9.80. The molecule has 1 aliphatic heterocycles. The van der Waals surface area contributed by atoms with E-state index >= 15 is 0 Å². The summed E-state index contributed by atoms with van der Waals surface area (Å²) in [5.41, 5.74) is 8.94. The van der Waals surface area contributed by atoms with E-state index in [1.165, 1.54) is 21.5 Å². The van der Waals surface area contributed by atoms with Crippen molar-refractivity contribution in [1.29, 1.82) is 0 Å². The van der Waals surface area contributed by atoms with Crippen LogP contribution in [0.15, 0.2) is 190 Å². The van der Waals surface area contributed by atoms with Gasteiger partial charge in [-0.3, -0.25) is 4.99 Å². The van der Waals surface area contributed by atoms with Gasteiger partial charge in [-0.1, -0.05) is 145 Å². The van der Waals surface area contributed by atoms with Crippen molar-refractivity contribution in [3.8, 4) is 22.3 Å².